The second kappa shape index (κ2) is 6.51. The summed E-state index contributed by atoms with van der Waals surface area (Å²) in [6, 6.07) is 15.7. The highest BCUT2D eigenvalue weighted by molar-refractivity contribution is 6.02. The van der Waals surface area contributed by atoms with Gasteiger partial charge in [0.2, 0.25) is 5.91 Å². The summed E-state index contributed by atoms with van der Waals surface area (Å²) in [5.41, 5.74) is 3.89. The number of fused-ring (bicyclic) bond motifs is 2. The third kappa shape index (κ3) is 2.53. The normalized spacial score (nSPS) is 18.9. The molecule has 0 spiro atoms. The van der Waals surface area contributed by atoms with Crippen molar-refractivity contribution in [3.63, 3.8) is 0 Å². The summed E-state index contributed by atoms with van der Waals surface area (Å²) in [7, 11) is 2.02. The lowest BCUT2D eigenvalue weighted by Gasteiger charge is -2.27. The van der Waals surface area contributed by atoms with Crippen molar-refractivity contribution >= 4 is 22.7 Å². The molecule has 1 saturated heterocycles. The second-order valence-corrected chi connectivity index (χ2v) is 7.72. The van der Waals surface area contributed by atoms with Crippen molar-refractivity contribution in [3.8, 4) is 0 Å². The van der Waals surface area contributed by atoms with Crippen LogP contribution in [0.3, 0.4) is 0 Å². The zero-order valence-corrected chi connectivity index (χ0v) is 16.0. The van der Waals surface area contributed by atoms with Crippen molar-refractivity contribution < 1.29 is 9.59 Å². The van der Waals surface area contributed by atoms with Gasteiger partial charge in [0.1, 0.15) is 6.54 Å². The summed E-state index contributed by atoms with van der Waals surface area (Å²) >= 11 is 0. The monoisotopic (exact) mass is 373 g/mol. The Kier molecular flexibility index (Phi) is 3.97. The number of benzene rings is 2. The summed E-state index contributed by atoms with van der Waals surface area (Å²) in [5.74, 6) is -0.00928. The molecule has 0 aliphatic carbocycles. The summed E-state index contributed by atoms with van der Waals surface area (Å²) in [6.07, 6.45) is 4.19. The highest BCUT2D eigenvalue weighted by Gasteiger charge is 2.40. The van der Waals surface area contributed by atoms with Crippen molar-refractivity contribution in [2.75, 3.05) is 19.6 Å². The molecule has 3 heterocycles. The third-order valence-electron chi connectivity index (χ3n) is 6.05. The van der Waals surface area contributed by atoms with Gasteiger partial charge in [0, 0.05) is 48.4 Å². The molecule has 1 fully saturated rings. The minimum atomic E-state index is -0.235. The van der Waals surface area contributed by atoms with Crippen LogP contribution in [0.4, 0.5) is 0 Å². The number of amides is 2. The number of likely N-dealkylation sites (tertiary alicyclic amines) is 1. The molecule has 0 N–H and O–H groups in total. The number of para-hydroxylation sites is 1. The molecule has 2 aliphatic rings. The Balaban J connectivity index is 1.61. The number of nitrogens with zero attached hydrogens (tertiary/aromatic N) is 3. The molecule has 5 heteroatoms. The van der Waals surface area contributed by atoms with Crippen LogP contribution in [0.5, 0.6) is 0 Å². The van der Waals surface area contributed by atoms with Gasteiger partial charge >= 0.3 is 0 Å². The Bertz CT molecular complexity index is 1080. The number of carbonyl (C=O) groups excluding carboxylic acids is 2. The molecular formula is C23H23N3O2. The van der Waals surface area contributed by atoms with E-state index in [2.05, 4.69) is 22.9 Å². The van der Waals surface area contributed by atoms with Crippen LogP contribution in [0.25, 0.3) is 10.9 Å². The molecular weight excluding hydrogens is 350 g/mol. The van der Waals surface area contributed by atoms with Crippen molar-refractivity contribution in [2.24, 2.45) is 7.05 Å². The van der Waals surface area contributed by atoms with Gasteiger partial charge in [-0.2, -0.15) is 0 Å². The van der Waals surface area contributed by atoms with Crippen LogP contribution in [-0.4, -0.2) is 45.8 Å². The van der Waals surface area contributed by atoms with Crippen LogP contribution < -0.4 is 0 Å². The molecule has 0 radical (unpaired) electrons. The third-order valence-corrected chi connectivity index (χ3v) is 6.05. The number of hydrogen-bond donors (Lipinski definition) is 0. The molecule has 5 rings (SSSR count). The number of aromatic nitrogens is 1. The highest BCUT2D eigenvalue weighted by Crippen LogP contribution is 2.41. The van der Waals surface area contributed by atoms with Crippen LogP contribution in [-0.2, 0) is 11.8 Å². The summed E-state index contributed by atoms with van der Waals surface area (Å²) in [5, 5.41) is 1.12. The first-order chi connectivity index (χ1) is 13.6. The lowest BCUT2D eigenvalue weighted by molar-refractivity contribution is -0.131. The Labute approximate surface area is 164 Å². The first-order valence-electron chi connectivity index (χ1n) is 9.87. The lowest BCUT2D eigenvalue weighted by Crippen LogP contribution is -2.40. The fourth-order valence-electron chi connectivity index (χ4n) is 4.67. The van der Waals surface area contributed by atoms with Crippen LogP contribution in [0.1, 0.15) is 40.4 Å². The summed E-state index contributed by atoms with van der Waals surface area (Å²) < 4.78 is 2.09. The van der Waals surface area contributed by atoms with Crippen LogP contribution in [0.15, 0.2) is 54.7 Å². The fourth-order valence-corrected chi connectivity index (χ4v) is 4.67. The molecule has 28 heavy (non-hydrogen) atoms. The number of carbonyl (C=O) groups is 2. The molecule has 0 saturated carbocycles. The minimum Gasteiger partial charge on any atom is -0.350 e. The first-order valence-corrected chi connectivity index (χ1v) is 9.87. The van der Waals surface area contributed by atoms with Crippen molar-refractivity contribution in [3.05, 3.63) is 71.4 Å². The maximum atomic E-state index is 13.2. The van der Waals surface area contributed by atoms with Crippen LogP contribution in [0, 0.1) is 0 Å². The smallest absolute Gasteiger partial charge is 0.255 e. The van der Waals surface area contributed by atoms with Gasteiger partial charge in [0.05, 0.1) is 6.04 Å². The van der Waals surface area contributed by atoms with Crippen molar-refractivity contribution in [1.29, 1.82) is 0 Å². The van der Waals surface area contributed by atoms with E-state index in [0.717, 1.165) is 48.0 Å². The average Bonchev–Trinajstić information content (AvgIpc) is 3.42. The van der Waals surface area contributed by atoms with Gasteiger partial charge in [0.15, 0.2) is 0 Å². The van der Waals surface area contributed by atoms with Crippen LogP contribution in [0.2, 0.25) is 0 Å². The standard InChI is InChI=1S/C23H23N3O2/c1-24-14-19(16-8-4-5-11-20(16)24)22-17-9-2-3-10-18(17)23(28)26(22)15-21(27)25-12-6-7-13-25/h2-5,8-11,14,22H,6-7,12-13,15H2,1H3. The van der Waals surface area contributed by atoms with Gasteiger partial charge in [0.25, 0.3) is 5.91 Å². The van der Waals surface area contributed by atoms with E-state index in [9.17, 15) is 9.59 Å². The Morgan fingerprint density at radius 2 is 1.71 bits per heavy atom. The highest BCUT2D eigenvalue weighted by atomic mass is 16.2. The fraction of sp³-hybridized carbons (Fsp3) is 0.304. The van der Waals surface area contributed by atoms with Crippen molar-refractivity contribution in [2.45, 2.75) is 18.9 Å². The number of rotatable bonds is 3. The molecule has 2 aliphatic heterocycles. The van der Waals surface area contributed by atoms with E-state index in [1.807, 2.05) is 48.3 Å². The van der Waals surface area contributed by atoms with E-state index in [1.54, 1.807) is 4.90 Å². The van der Waals surface area contributed by atoms with Crippen molar-refractivity contribution in [1.82, 2.24) is 14.4 Å². The van der Waals surface area contributed by atoms with E-state index in [0.29, 0.717) is 5.56 Å². The number of hydrogen-bond acceptors (Lipinski definition) is 2. The second-order valence-electron chi connectivity index (χ2n) is 7.72. The van der Waals surface area contributed by atoms with E-state index in [-0.39, 0.29) is 24.4 Å². The topological polar surface area (TPSA) is 45.6 Å². The largest absolute Gasteiger partial charge is 0.350 e. The maximum Gasteiger partial charge on any atom is 0.255 e. The average molecular weight is 373 g/mol. The van der Waals surface area contributed by atoms with E-state index in [4.69, 9.17) is 0 Å². The Morgan fingerprint density at radius 1 is 1.00 bits per heavy atom. The molecule has 5 nitrogen and oxygen atoms in total. The molecule has 0 bridgehead atoms. The SMILES string of the molecule is Cn1cc(C2c3ccccc3C(=O)N2CC(=O)N2CCCC2)c2ccccc21. The molecule has 3 aromatic rings. The molecule has 1 atom stereocenters. The Hall–Kier alpha value is -3.08. The predicted octanol–water partition coefficient (Wildman–Crippen LogP) is 3.35. The predicted molar refractivity (Wildman–Crippen MR) is 108 cm³/mol. The zero-order chi connectivity index (χ0) is 19.3. The molecule has 1 unspecified atom stereocenters. The van der Waals surface area contributed by atoms with Gasteiger partial charge in [-0.05, 0) is 30.5 Å². The minimum absolute atomic E-state index is 0.0453. The quantitative estimate of drug-likeness (QED) is 0.707. The van der Waals surface area contributed by atoms with Gasteiger partial charge in [-0.1, -0.05) is 36.4 Å². The number of aryl methyl sites for hydroxylation is 1. The molecule has 2 aromatic carbocycles. The van der Waals surface area contributed by atoms with Gasteiger partial charge < -0.3 is 14.4 Å². The lowest BCUT2D eigenvalue weighted by atomic mass is 9.97. The first kappa shape index (κ1) is 17.0. The van der Waals surface area contributed by atoms with E-state index < -0.39 is 0 Å². The summed E-state index contributed by atoms with van der Waals surface area (Å²) in [4.78, 5) is 29.7. The zero-order valence-electron chi connectivity index (χ0n) is 16.0. The Morgan fingerprint density at radius 3 is 2.54 bits per heavy atom. The summed E-state index contributed by atoms with van der Waals surface area (Å²) in [6.45, 7) is 1.72. The molecule has 142 valence electrons. The van der Waals surface area contributed by atoms with E-state index in [1.165, 1.54) is 0 Å². The van der Waals surface area contributed by atoms with Crippen LogP contribution >= 0.6 is 0 Å². The van der Waals surface area contributed by atoms with Gasteiger partial charge in [-0.15, -0.1) is 0 Å². The molecule has 1 aromatic heterocycles. The van der Waals surface area contributed by atoms with Gasteiger partial charge in [-0.25, -0.2) is 0 Å². The molecule has 2 amide bonds. The van der Waals surface area contributed by atoms with Gasteiger partial charge in [-0.3, -0.25) is 9.59 Å². The van der Waals surface area contributed by atoms with E-state index >= 15 is 0 Å². The maximum absolute atomic E-state index is 13.2.